The zero-order valence-corrected chi connectivity index (χ0v) is 6.69. The summed E-state index contributed by atoms with van der Waals surface area (Å²) in [5, 5.41) is 12.0. The van der Waals surface area contributed by atoms with Crippen molar-refractivity contribution in [2.75, 3.05) is 0 Å². The standard InChI is InChI=1S/C9H8N2O/c1-7-8-4-2-3-5-9(8)10-6-11(7)12/h2-6H,1H3. The van der Waals surface area contributed by atoms with Gasteiger partial charge in [-0.05, 0) is 24.0 Å². The number of aryl methyl sites for hydroxylation is 1. The lowest BCUT2D eigenvalue weighted by Gasteiger charge is -2.04. The molecule has 0 aliphatic carbocycles. The normalized spacial score (nSPS) is 10.4. The summed E-state index contributed by atoms with van der Waals surface area (Å²) in [6, 6.07) is 7.59. The fourth-order valence-corrected chi connectivity index (χ4v) is 1.21. The zero-order valence-electron chi connectivity index (χ0n) is 6.69. The minimum Gasteiger partial charge on any atom is -0.711 e. The third kappa shape index (κ3) is 0.906. The molecule has 0 spiro atoms. The maximum absolute atomic E-state index is 11.1. The lowest BCUT2D eigenvalue weighted by molar-refractivity contribution is -0.613. The molecule has 0 amide bonds. The highest BCUT2D eigenvalue weighted by Crippen LogP contribution is 2.10. The Balaban J connectivity index is 2.91. The van der Waals surface area contributed by atoms with Gasteiger partial charge in [0.05, 0.1) is 5.39 Å². The molecule has 0 aliphatic rings. The van der Waals surface area contributed by atoms with Gasteiger partial charge in [0.1, 0.15) is 5.69 Å². The second kappa shape index (κ2) is 2.44. The van der Waals surface area contributed by atoms with Gasteiger partial charge in [0.2, 0.25) is 0 Å². The van der Waals surface area contributed by atoms with E-state index >= 15 is 0 Å². The Morgan fingerprint density at radius 3 is 2.92 bits per heavy atom. The number of hydrogen-bond acceptors (Lipinski definition) is 2. The molecule has 1 aromatic heterocycles. The fourth-order valence-electron chi connectivity index (χ4n) is 1.21. The first-order valence-electron chi connectivity index (χ1n) is 3.72. The molecule has 2 aromatic rings. The van der Waals surface area contributed by atoms with Crippen molar-refractivity contribution in [3.8, 4) is 0 Å². The van der Waals surface area contributed by atoms with Gasteiger partial charge >= 0.3 is 0 Å². The number of para-hydroxylation sites is 1. The summed E-state index contributed by atoms with van der Waals surface area (Å²) in [6.07, 6.45) is 1.29. The van der Waals surface area contributed by atoms with Crippen LogP contribution in [0.5, 0.6) is 0 Å². The van der Waals surface area contributed by atoms with E-state index in [0.717, 1.165) is 15.6 Å². The molecule has 0 bridgehead atoms. The second-order valence-electron chi connectivity index (χ2n) is 2.67. The highest BCUT2D eigenvalue weighted by atomic mass is 16.5. The monoisotopic (exact) mass is 160 g/mol. The molecule has 0 atom stereocenters. The van der Waals surface area contributed by atoms with Crippen molar-refractivity contribution in [1.82, 2.24) is 4.98 Å². The summed E-state index contributed by atoms with van der Waals surface area (Å²) >= 11 is 0. The summed E-state index contributed by atoms with van der Waals surface area (Å²) in [6.45, 7) is 1.79. The largest absolute Gasteiger partial charge is 0.711 e. The van der Waals surface area contributed by atoms with Crippen molar-refractivity contribution in [1.29, 1.82) is 0 Å². The average Bonchev–Trinajstić information content (AvgIpc) is 2.12. The number of aromatic nitrogens is 2. The third-order valence-corrected chi connectivity index (χ3v) is 1.93. The van der Waals surface area contributed by atoms with Gasteiger partial charge in [0.25, 0.3) is 6.33 Å². The van der Waals surface area contributed by atoms with E-state index in [-0.39, 0.29) is 0 Å². The highest BCUT2D eigenvalue weighted by molar-refractivity contribution is 5.79. The van der Waals surface area contributed by atoms with Crippen LogP contribution < -0.4 is 4.73 Å². The smallest absolute Gasteiger partial charge is 0.290 e. The first-order valence-corrected chi connectivity index (χ1v) is 3.72. The van der Waals surface area contributed by atoms with Crippen molar-refractivity contribution in [2.24, 2.45) is 0 Å². The van der Waals surface area contributed by atoms with E-state index < -0.39 is 0 Å². The molecule has 0 unspecified atom stereocenters. The van der Waals surface area contributed by atoms with Crippen molar-refractivity contribution in [2.45, 2.75) is 6.92 Å². The van der Waals surface area contributed by atoms with Crippen molar-refractivity contribution in [3.63, 3.8) is 0 Å². The van der Waals surface area contributed by atoms with E-state index in [1.807, 2.05) is 24.3 Å². The Hall–Kier alpha value is -1.64. The molecule has 0 radical (unpaired) electrons. The van der Waals surface area contributed by atoms with E-state index in [9.17, 15) is 5.21 Å². The summed E-state index contributed by atoms with van der Waals surface area (Å²) in [4.78, 5) is 3.99. The van der Waals surface area contributed by atoms with Crippen LogP contribution in [0, 0.1) is 12.1 Å². The van der Waals surface area contributed by atoms with Crippen LogP contribution in [0.4, 0.5) is 0 Å². The third-order valence-electron chi connectivity index (χ3n) is 1.93. The predicted molar refractivity (Wildman–Crippen MR) is 45.4 cm³/mol. The quantitative estimate of drug-likeness (QED) is 0.428. The summed E-state index contributed by atoms with van der Waals surface area (Å²) in [5.74, 6) is 0. The van der Waals surface area contributed by atoms with Gasteiger partial charge in [-0.1, -0.05) is 12.1 Å². The number of rotatable bonds is 0. The molecule has 0 fully saturated rings. The van der Waals surface area contributed by atoms with Crippen LogP contribution in [0.15, 0.2) is 30.6 Å². The van der Waals surface area contributed by atoms with Crippen LogP contribution in [0.25, 0.3) is 10.9 Å². The molecule has 0 N–H and O–H groups in total. The fraction of sp³-hybridized carbons (Fsp3) is 0.111. The lowest BCUT2D eigenvalue weighted by atomic mass is 10.2. The molecule has 60 valence electrons. The molecule has 1 heterocycles. The van der Waals surface area contributed by atoms with E-state index in [0.29, 0.717) is 5.69 Å². The van der Waals surface area contributed by atoms with Gasteiger partial charge in [-0.2, -0.15) is 0 Å². The van der Waals surface area contributed by atoms with E-state index in [1.165, 1.54) is 6.33 Å². The Morgan fingerprint density at radius 2 is 2.08 bits per heavy atom. The van der Waals surface area contributed by atoms with E-state index in [4.69, 9.17) is 0 Å². The van der Waals surface area contributed by atoms with Crippen molar-refractivity contribution >= 4 is 10.9 Å². The maximum Gasteiger partial charge on any atom is 0.290 e. The van der Waals surface area contributed by atoms with Gasteiger partial charge < -0.3 is 5.21 Å². The van der Waals surface area contributed by atoms with E-state index in [1.54, 1.807) is 6.92 Å². The molecule has 0 saturated heterocycles. The first-order chi connectivity index (χ1) is 5.79. The van der Waals surface area contributed by atoms with Gasteiger partial charge in [0.15, 0.2) is 5.52 Å². The number of nitrogens with zero attached hydrogens (tertiary/aromatic N) is 2. The molecule has 3 nitrogen and oxygen atoms in total. The Kier molecular flexibility index (Phi) is 1.43. The van der Waals surface area contributed by atoms with Crippen LogP contribution in [-0.4, -0.2) is 4.98 Å². The van der Waals surface area contributed by atoms with Crippen LogP contribution in [0.2, 0.25) is 0 Å². The zero-order chi connectivity index (χ0) is 8.55. The molecular formula is C9H8N2O. The van der Waals surface area contributed by atoms with Crippen molar-refractivity contribution < 1.29 is 4.73 Å². The summed E-state index contributed by atoms with van der Waals surface area (Å²) < 4.78 is 0.780. The average molecular weight is 160 g/mol. The number of hydrogen-bond donors (Lipinski definition) is 0. The van der Waals surface area contributed by atoms with Crippen LogP contribution >= 0.6 is 0 Å². The van der Waals surface area contributed by atoms with Gasteiger partial charge in [-0.3, -0.25) is 0 Å². The summed E-state index contributed by atoms with van der Waals surface area (Å²) in [7, 11) is 0. The van der Waals surface area contributed by atoms with Gasteiger partial charge in [-0.15, -0.1) is 0 Å². The number of fused-ring (bicyclic) bond motifs is 1. The lowest BCUT2D eigenvalue weighted by Crippen LogP contribution is -2.30. The summed E-state index contributed by atoms with van der Waals surface area (Å²) in [5.41, 5.74) is 1.56. The van der Waals surface area contributed by atoms with Crippen LogP contribution in [0.3, 0.4) is 0 Å². The minimum atomic E-state index is 0.695. The minimum absolute atomic E-state index is 0.695. The first kappa shape index (κ1) is 7.03. The Morgan fingerprint density at radius 1 is 1.33 bits per heavy atom. The second-order valence-corrected chi connectivity index (χ2v) is 2.67. The van der Waals surface area contributed by atoms with Gasteiger partial charge in [-0.25, -0.2) is 4.73 Å². The molecule has 12 heavy (non-hydrogen) atoms. The number of benzene rings is 1. The van der Waals surface area contributed by atoms with Crippen molar-refractivity contribution in [3.05, 3.63) is 41.5 Å². The van der Waals surface area contributed by atoms with E-state index in [2.05, 4.69) is 4.98 Å². The Bertz CT molecular complexity index is 426. The molecule has 0 aliphatic heterocycles. The van der Waals surface area contributed by atoms with Gasteiger partial charge in [0, 0.05) is 0 Å². The topological polar surface area (TPSA) is 39.8 Å². The molecule has 2 rings (SSSR count). The maximum atomic E-state index is 11.1. The molecule has 3 heteroatoms. The van der Waals surface area contributed by atoms with Crippen LogP contribution in [0.1, 0.15) is 5.69 Å². The predicted octanol–water partition coefficient (Wildman–Crippen LogP) is 1.18. The Labute approximate surface area is 69.9 Å². The molecular weight excluding hydrogens is 152 g/mol. The SMILES string of the molecule is Cc1c2ccccc2nc[n+]1[O-]. The molecule has 0 saturated carbocycles. The van der Waals surface area contributed by atoms with Crippen LogP contribution in [-0.2, 0) is 0 Å². The molecule has 1 aromatic carbocycles. The highest BCUT2D eigenvalue weighted by Gasteiger charge is 2.04.